The molecule has 2 aromatic carbocycles. The Hall–Kier alpha value is -2.04. The number of fused-ring (bicyclic) bond motifs is 1. The topological polar surface area (TPSA) is 48.1 Å². The number of aromatic nitrogens is 1. The number of para-hydroxylation sites is 1. The zero-order valence-corrected chi connectivity index (χ0v) is 12.6. The van der Waals surface area contributed by atoms with Crippen LogP contribution in [0.25, 0.3) is 10.9 Å². The first-order chi connectivity index (χ1) is 10.3. The van der Waals surface area contributed by atoms with Gasteiger partial charge >= 0.3 is 0 Å². The highest BCUT2D eigenvalue weighted by molar-refractivity contribution is 7.99. The fraction of sp³-hybridized carbons (Fsp3) is 0.118. The number of ether oxygens (including phenoxy) is 1. The van der Waals surface area contributed by atoms with Crippen LogP contribution in [0, 0.1) is 0 Å². The van der Waals surface area contributed by atoms with Crippen molar-refractivity contribution >= 4 is 22.7 Å². The Bertz CT molecular complexity index is 774. The lowest BCUT2D eigenvalue weighted by Gasteiger charge is -2.08. The highest BCUT2D eigenvalue weighted by atomic mass is 32.2. The minimum absolute atomic E-state index is 0.509. The number of rotatable bonds is 4. The molecule has 0 saturated heterocycles. The largest absolute Gasteiger partial charge is 0.497 e. The van der Waals surface area contributed by atoms with Gasteiger partial charge in [0.2, 0.25) is 0 Å². The van der Waals surface area contributed by atoms with Gasteiger partial charge < -0.3 is 10.5 Å². The van der Waals surface area contributed by atoms with Gasteiger partial charge in [0.05, 0.1) is 12.6 Å². The minimum Gasteiger partial charge on any atom is -0.497 e. The molecule has 0 radical (unpaired) electrons. The van der Waals surface area contributed by atoms with Crippen molar-refractivity contribution in [1.82, 2.24) is 4.98 Å². The molecule has 0 fully saturated rings. The molecule has 3 rings (SSSR count). The molecular formula is C17H16N2OS. The van der Waals surface area contributed by atoms with Gasteiger partial charge in [0.15, 0.2) is 0 Å². The van der Waals surface area contributed by atoms with Crippen molar-refractivity contribution in [3.05, 3.63) is 60.2 Å². The van der Waals surface area contributed by atoms with Crippen LogP contribution in [-0.4, -0.2) is 12.1 Å². The summed E-state index contributed by atoms with van der Waals surface area (Å²) in [6, 6.07) is 18.1. The first-order valence-corrected chi connectivity index (χ1v) is 7.52. The SMILES string of the molecule is COc1cccc(Sc2cc(CN)c3ccccc3n2)c1. The first kappa shape index (κ1) is 13.9. The average Bonchev–Trinajstić information content (AvgIpc) is 2.54. The summed E-state index contributed by atoms with van der Waals surface area (Å²) in [5.41, 5.74) is 7.96. The molecule has 0 aliphatic carbocycles. The van der Waals surface area contributed by atoms with E-state index in [0.717, 1.165) is 32.1 Å². The molecule has 2 N–H and O–H groups in total. The third kappa shape index (κ3) is 3.01. The molecule has 1 heterocycles. The van der Waals surface area contributed by atoms with Crippen molar-refractivity contribution in [3.8, 4) is 5.75 Å². The van der Waals surface area contributed by atoms with Crippen molar-refractivity contribution in [2.24, 2.45) is 5.73 Å². The quantitative estimate of drug-likeness (QED) is 0.794. The van der Waals surface area contributed by atoms with E-state index in [1.807, 2.05) is 42.5 Å². The lowest BCUT2D eigenvalue weighted by Crippen LogP contribution is -1.99. The van der Waals surface area contributed by atoms with Gasteiger partial charge in [-0.05, 0) is 35.9 Å². The standard InChI is InChI=1S/C17H16N2OS/c1-20-13-5-4-6-14(10-13)21-17-9-12(11-18)15-7-2-3-8-16(15)19-17/h2-10H,11,18H2,1H3. The number of nitrogens with two attached hydrogens (primary N) is 1. The molecule has 106 valence electrons. The number of nitrogens with zero attached hydrogens (tertiary/aromatic N) is 1. The molecule has 1 aromatic heterocycles. The fourth-order valence-corrected chi connectivity index (χ4v) is 3.14. The molecule has 0 bridgehead atoms. The monoisotopic (exact) mass is 296 g/mol. The molecular weight excluding hydrogens is 280 g/mol. The van der Waals surface area contributed by atoms with Crippen LogP contribution in [0.15, 0.2) is 64.5 Å². The lowest BCUT2D eigenvalue weighted by atomic mass is 10.1. The maximum Gasteiger partial charge on any atom is 0.119 e. The summed E-state index contributed by atoms with van der Waals surface area (Å²) in [5.74, 6) is 0.847. The molecule has 3 aromatic rings. The molecule has 0 aliphatic heterocycles. The van der Waals surface area contributed by atoms with Gasteiger partial charge in [-0.15, -0.1) is 0 Å². The summed E-state index contributed by atoms with van der Waals surface area (Å²) in [7, 11) is 1.67. The second-order valence-corrected chi connectivity index (χ2v) is 5.72. The van der Waals surface area contributed by atoms with Crippen LogP contribution in [-0.2, 0) is 6.54 Å². The van der Waals surface area contributed by atoms with Crippen molar-refractivity contribution in [2.45, 2.75) is 16.5 Å². The van der Waals surface area contributed by atoms with E-state index in [9.17, 15) is 0 Å². The summed E-state index contributed by atoms with van der Waals surface area (Å²) >= 11 is 1.61. The van der Waals surface area contributed by atoms with E-state index < -0.39 is 0 Å². The van der Waals surface area contributed by atoms with Crippen molar-refractivity contribution in [1.29, 1.82) is 0 Å². The van der Waals surface area contributed by atoms with Gasteiger partial charge in [0, 0.05) is 16.8 Å². The van der Waals surface area contributed by atoms with Gasteiger partial charge in [0.25, 0.3) is 0 Å². The molecule has 0 unspecified atom stereocenters. The number of benzene rings is 2. The Morgan fingerprint density at radius 2 is 1.95 bits per heavy atom. The van der Waals surface area contributed by atoms with Gasteiger partial charge in [-0.1, -0.05) is 36.0 Å². The summed E-state index contributed by atoms with van der Waals surface area (Å²) in [6.45, 7) is 0.509. The summed E-state index contributed by atoms with van der Waals surface area (Å²) < 4.78 is 5.25. The Labute approximate surface area is 128 Å². The molecule has 21 heavy (non-hydrogen) atoms. The fourth-order valence-electron chi connectivity index (χ4n) is 2.23. The maximum absolute atomic E-state index is 5.87. The van der Waals surface area contributed by atoms with Crippen molar-refractivity contribution in [3.63, 3.8) is 0 Å². The minimum atomic E-state index is 0.509. The van der Waals surface area contributed by atoms with Gasteiger partial charge in [0.1, 0.15) is 10.8 Å². The smallest absolute Gasteiger partial charge is 0.119 e. The van der Waals surface area contributed by atoms with Crippen LogP contribution >= 0.6 is 11.8 Å². The normalized spacial score (nSPS) is 10.8. The van der Waals surface area contributed by atoms with E-state index in [0.29, 0.717) is 6.54 Å². The Kier molecular flexibility index (Phi) is 4.08. The highest BCUT2D eigenvalue weighted by Gasteiger charge is 2.06. The molecule has 0 saturated carbocycles. The Morgan fingerprint density at radius 3 is 2.76 bits per heavy atom. The van der Waals surface area contributed by atoms with E-state index in [1.54, 1.807) is 18.9 Å². The zero-order chi connectivity index (χ0) is 14.7. The molecule has 0 aliphatic rings. The van der Waals surface area contributed by atoms with E-state index in [4.69, 9.17) is 15.5 Å². The van der Waals surface area contributed by atoms with E-state index in [1.165, 1.54) is 0 Å². The first-order valence-electron chi connectivity index (χ1n) is 6.71. The molecule has 4 heteroatoms. The zero-order valence-electron chi connectivity index (χ0n) is 11.7. The summed E-state index contributed by atoms with van der Waals surface area (Å²) in [6.07, 6.45) is 0. The van der Waals surface area contributed by atoms with Crippen LogP contribution in [0.3, 0.4) is 0 Å². The Balaban J connectivity index is 2.00. The number of hydrogen-bond acceptors (Lipinski definition) is 4. The van der Waals surface area contributed by atoms with Crippen LogP contribution in [0.5, 0.6) is 5.75 Å². The second kappa shape index (κ2) is 6.16. The van der Waals surface area contributed by atoms with E-state index in [-0.39, 0.29) is 0 Å². The van der Waals surface area contributed by atoms with Crippen LogP contribution in [0.4, 0.5) is 0 Å². The average molecular weight is 296 g/mol. The third-order valence-electron chi connectivity index (χ3n) is 3.26. The molecule has 0 amide bonds. The number of pyridine rings is 1. The molecule has 3 nitrogen and oxygen atoms in total. The van der Waals surface area contributed by atoms with Crippen LogP contribution < -0.4 is 10.5 Å². The summed E-state index contributed by atoms with van der Waals surface area (Å²) in [5, 5.41) is 2.07. The summed E-state index contributed by atoms with van der Waals surface area (Å²) in [4.78, 5) is 5.80. The van der Waals surface area contributed by atoms with Crippen LogP contribution in [0.2, 0.25) is 0 Å². The molecule has 0 spiro atoms. The predicted molar refractivity (Wildman–Crippen MR) is 86.8 cm³/mol. The van der Waals surface area contributed by atoms with Crippen molar-refractivity contribution in [2.75, 3.05) is 7.11 Å². The highest BCUT2D eigenvalue weighted by Crippen LogP contribution is 2.31. The van der Waals surface area contributed by atoms with Crippen molar-refractivity contribution < 1.29 is 4.74 Å². The van der Waals surface area contributed by atoms with Gasteiger partial charge in [-0.3, -0.25) is 0 Å². The third-order valence-corrected chi connectivity index (χ3v) is 4.17. The number of hydrogen-bond donors (Lipinski definition) is 1. The Morgan fingerprint density at radius 1 is 1.10 bits per heavy atom. The van der Waals surface area contributed by atoms with E-state index >= 15 is 0 Å². The van der Waals surface area contributed by atoms with Gasteiger partial charge in [-0.25, -0.2) is 4.98 Å². The lowest BCUT2D eigenvalue weighted by molar-refractivity contribution is 0.413. The van der Waals surface area contributed by atoms with Gasteiger partial charge in [-0.2, -0.15) is 0 Å². The molecule has 0 atom stereocenters. The maximum atomic E-state index is 5.87. The van der Waals surface area contributed by atoms with E-state index in [2.05, 4.69) is 12.1 Å². The van der Waals surface area contributed by atoms with Crippen LogP contribution in [0.1, 0.15) is 5.56 Å². The number of methoxy groups -OCH3 is 1. The second-order valence-electron chi connectivity index (χ2n) is 4.62. The predicted octanol–water partition coefficient (Wildman–Crippen LogP) is 3.85.